The molecular formula is C10H10N2O2. The molecule has 4 heteroatoms. The topological polar surface area (TPSA) is 66.9 Å². The molecule has 0 aliphatic rings. The first-order valence-corrected chi connectivity index (χ1v) is 4.26. The van der Waals surface area contributed by atoms with Crippen LogP contribution in [0.2, 0.25) is 0 Å². The van der Waals surface area contributed by atoms with Gasteiger partial charge in [0.15, 0.2) is 0 Å². The zero-order valence-electron chi connectivity index (χ0n) is 7.80. The number of nitrogens with zero attached hydrogens (tertiary/aromatic N) is 2. The van der Waals surface area contributed by atoms with Crippen LogP contribution >= 0.6 is 0 Å². The average Bonchev–Trinajstić information content (AvgIpc) is 2.18. The third-order valence-electron chi connectivity index (χ3n) is 2.05. The molecule has 0 aliphatic carbocycles. The van der Waals surface area contributed by atoms with E-state index in [9.17, 15) is 10.1 Å². The van der Waals surface area contributed by atoms with E-state index in [0.717, 1.165) is 5.56 Å². The van der Waals surface area contributed by atoms with Gasteiger partial charge in [0, 0.05) is 18.6 Å². The number of nitro benzene ring substituents is 1. The first-order chi connectivity index (χ1) is 6.65. The molecule has 0 spiro atoms. The second-order valence-electron chi connectivity index (χ2n) is 3.12. The maximum atomic E-state index is 10.5. The number of nitro groups is 1. The first-order valence-electron chi connectivity index (χ1n) is 4.26. The molecule has 0 heterocycles. The van der Waals surface area contributed by atoms with Gasteiger partial charge in [-0.15, -0.1) is 0 Å². The van der Waals surface area contributed by atoms with Crippen LogP contribution in [0.4, 0.5) is 5.69 Å². The molecule has 0 aromatic heterocycles. The third kappa shape index (κ3) is 2.30. The monoisotopic (exact) mass is 190 g/mol. The van der Waals surface area contributed by atoms with Crippen LogP contribution in [0.1, 0.15) is 24.8 Å². The highest BCUT2D eigenvalue weighted by Gasteiger charge is 2.10. The van der Waals surface area contributed by atoms with Crippen molar-refractivity contribution in [1.29, 1.82) is 5.26 Å². The van der Waals surface area contributed by atoms with Crippen molar-refractivity contribution in [3.8, 4) is 6.07 Å². The molecule has 1 aromatic rings. The predicted octanol–water partition coefficient (Wildman–Crippen LogP) is 2.61. The maximum Gasteiger partial charge on any atom is 0.269 e. The third-order valence-corrected chi connectivity index (χ3v) is 2.05. The summed E-state index contributed by atoms with van der Waals surface area (Å²) in [5, 5.41) is 19.0. The van der Waals surface area contributed by atoms with E-state index >= 15 is 0 Å². The Morgan fingerprint density at radius 3 is 2.93 bits per heavy atom. The highest BCUT2D eigenvalue weighted by atomic mass is 16.6. The van der Waals surface area contributed by atoms with Crippen molar-refractivity contribution in [2.75, 3.05) is 0 Å². The highest BCUT2D eigenvalue weighted by molar-refractivity contribution is 5.36. The fourth-order valence-electron chi connectivity index (χ4n) is 1.20. The molecule has 14 heavy (non-hydrogen) atoms. The molecule has 4 nitrogen and oxygen atoms in total. The summed E-state index contributed by atoms with van der Waals surface area (Å²) in [4.78, 5) is 10.0. The maximum absolute atomic E-state index is 10.5. The van der Waals surface area contributed by atoms with Crippen LogP contribution < -0.4 is 0 Å². The Morgan fingerprint density at radius 1 is 1.64 bits per heavy atom. The molecule has 0 fully saturated rings. The lowest BCUT2D eigenvalue weighted by atomic mass is 9.98. The quantitative estimate of drug-likeness (QED) is 0.543. The summed E-state index contributed by atoms with van der Waals surface area (Å²) < 4.78 is 0. The molecule has 1 aromatic carbocycles. The van der Waals surface area contributed by atoms with Gasteiger partial charge in [-0.1, -0.05) is 19.1 Å². The van der Waals surface area contributed by atoms with Crippen molar-refractivity contribution in [1.82, 2.24) is 0 Å². The van der Waals surface area contributed by atoms with Gasteiger partial charge in [-0.3, -0.25) is 10.1 Å². The molecule has 0 radical (unpaired) electrons. The van der Waals surface area contributed by atoms with Gasteiger partial charge in [0.05, 0.1) is 11.0 Å². The molecule has 1 atom stereocenters. The van der Waals surface area contributed by atoms with Crippen LogP contribution in [0.15, 0.2) is 24.3 Å². The minimum absolute atomic E-state index is 0.0416. The fourth-order valence-corrected chi connectivity index (χ4v) is 1.20. The second-order valence-corrected chi connectivity index (χ2v) is 3.12. The zero-order chi connectivity index (χ0) is 10.6. The number of non-ortho nitro benzene ring substituents is 1. The smallest absolute Gasteiger partial charge is 0.258 e. The summed E-state index contributed by atoms with van der Waals surface area (Å²) in [6.45, 7) is 1.88. The Bertz CT molecular complexity index is 382. The molecular weight excluding hydrogens is 180 g/mol. The van der Waals surface area contributed by atoms with Crippen molar-refractivity contribution in [3.63, 3.8) is 0 Å². The summed E-state index contributed by atoms with van der Waals surface area (Å²) in [7, 11) is 0. The number of benzene rings is 1. The molecule has 0 amide bonds. The SMILES string of the molecule is CC(CC#N)c1cccc([N+](=O)[O-])c1. The van der Waals surface area contributed by atoms with Gasteiger partial charge < -0.3 is 0 Å². The normalized spacial score (nSPS) is 11.7. The molecule has 0 aliphatic heterocycles. The number of nitriles is 1. The van der Waals surface area contributed by atoms with Crippen molar-refractivity contribution in [3.05, 3.63) is 39.9 Å². The van der Waals surface area contributed by atoms with Crippen molar-refractivity contribution < 1.29 is 4.92 Å². The minimum atomic E-state index is -0.428. The van der Waals surface area contributed by atoms with Crippen LogP contribution in [-0.4, -0.2) is 4.92 Å². The van der Waals surface area contributed by atoms with Crippen molar-refractivity contribution in [2.45, 2.75) is 19.3 Å². The molecule has 0 saturated carbocycles. The van der Waals surface area contributed by atoms with Crippen molar-refractivity contribution in [2.24, 2.45) is 0 Å². The predicted molar refractivity (Wildman–Crippen MR) is 51.7 cm³/mol. The molecule has 1 unspecified atom stereocenters. The summed E-state index contributed by atoms with van der Waals surface area (Å²) in [6.07, 6.45) is 0.376. The van der Waals surface area contributed by atoms with Gasteiger partial charge >= 0.3 is 0 Å². The van der Waals surface area contributed by atoms with E-state index in [4.69, 9.17) is 5.26 Å². The number of rotatable bonds is 3. The van der Waals surface area contributed by atoms with E-state index in [1.54, 1.807) is 12.1 Å². The van der Waals surface area contributed by atoms with Crippen LogP contribution in [-0.2, 0) is 0 Å². The lowest BCUT2D eigenvalue weighted by molar-refractivity contribution is -0.384. The van der Waals surface area contributed by atoms with E-state index < -0.39 is 4.92 Å². The molecule has 0 saturated heterocycles. The Labute approximate surface area is 81.9 Å². The van der Waals surface area contributed by atoms with Crippen LogP contribution in [0.5, 0.6) is 0 Å². The number of hydrogen-bond acceptors (Lipinski definition) is 3. The lowest BCUT2D eigenvalue weighted by Crippen LogP contribution is -1.94. The molecule has 1 rings (SSSR count). The van der Waals surface area contributed by atoms with Gasteiger partial charge in [-0.05, 0) is 11.5 Å². The summed E-state index contributed by atoms with van der Waals surface area (Å²) in [6, 6.07) is 8.45. The summed E-state index contributed by atoms with van der Waals surface area (Å²) in [5.74, 6) is 0.0416. The Kier molecular flexibility index (Phi) is 3.19. The van der Waals surface area contributed by atoms with E-state index in [1.165, 1.54) is 12.1 Å². The minimum Gasteiger partial charge on any atom is -0.258 e. The van der Waals surface area contributed by atoms with Gasteiger partial charge in [0.25, 0.3) is 5.69 Å². The highest BCUT2D eigenvalue weighted by Crippen LogP contribution is 2.22. The zero-order valence-corrected chi connectivity index (χ0v) is 7.80. The molecule has 0 bridgehead atoms. The van der Waals surface area contributed by atoms with Crippen molar-refractivity contribution >= 4 is 5.69 Å². The lowest BCUT2D eigenvalue weighted by Gasteiger charge is -2.06. The van der Waals surface area contributed by atoms with E-state index in [2.05, 4.69) is 0 Å². The van der Waals surface area contributed by atoms with Crippen LogP contribution in [0, 0.1) is 21.4 Å². The summed E-state index contributed by atoms with van der Waals surface area (Å²) in [5.41, 5.74) is 0.910. The van der Waals surface area contributed by atoms with Gasteiger partial charge in [-0.2, -0.15) is 5.26 Å². The van der Waals surface area contributed by atoms with E-state index in [0.29, 0.717) is 6.42 Å². The largest absolute Gasteiger partial charge is 0.269 e. The second kappa shape index (κ2) is 4.38. The standard InChI is InChI=1S/C10H10N2O2/c1-8(5-6-11)9-3-2-4-10(7-9)12(13)14/h2-4,7-8H,5H2,1H3. The Hall–Kier alpha value is -1.89. The van der Waals surface area contributed by atoms with E-state index in [-0.39, 0.29) is 11.6 Å². The fraction of sp³-hybridized carbons (Fsp3) is 0.300. The molecule has 72 valence electrons. The van der Waals surface area contributed by atoms with Gasteiger partial charge in [-0.25, -0.2) is 0 Å². The Balaban J connectivity index is 2.94. The van der Waals surface area contributed by atoms with Gasteiger partial charge in [0.1, 0.15) is 0 Å². The number of hydrogen-bond donors (Lipinski definition) is 0. The average molecular weight is 190 g/mol. The first kappa shape index (κ1) is 10.2. The summed E-state index contributed by atoms with van der Waals surface area (Å²) >= 11 is 0. The van der Waals surface area contributed by atoms with Crippen LogP contribution in [0.25, 0.3) is 0 Å². The molecule has 0 N–H and O–H groups in total. The van der Waals surface area contributed by atoms with Gasteiger partial charge in [0.2, 0.25) is 0 Å². The van der Waals surface area contributed by atoms with Crippen LogP contribution in [0.3, 0.4) is 0 Å². The Morgan fingerprint density at radius 2 is 2.36 bits per heavy atom. The van der Waals surface area contributed by atoms with E-state index in [1.807, 2.05) is 13.0 Å².